The van der Waals surface area contributed by atoms with Crippen LogP contribution in [0, 0.1) is 5.92 Å². The summed E-state index contributed by atoms with van der Waals surface area (Å²) in [5, 5.41) is 0. The van der Waals surface area contributed by atoms with Gasteiger partial charge in [-0.25, -0.2) is 0 Å². The van der Waals surface area contributed by atoms with Gasteiger partial charge in [0.1, 0.15) is 5.92 Å². The van der Waals surface area contributed by atoms with Crippen LogP contribution in [0.15, 0.2) is 12.7 Å². The minimum Gasteiger partial charge on any atom is -0.454 e. The van der Waals surface area contributed by atoms with Crippen LogP contribution in [0.2, 0.25) is 0 Å². The third-order valence-corrected chi connectivity index (χ3v) is 1.98. The zero-order chi connectivity index (χ0) is 9.14. The molecule has 0 aromatic rings. The van der Waals surface area contributed by atoms with Gasteiger partial charge in [-0.15, -0.1) is 6.58 Å². The first-order valence-corrected chi connectivity index (χ1v) is 4.05. The number of cyclic esters (lactones) is 1. The van der Waals surface area contributed by atoms with Crippen LogP contribution < -0.4 is 0 Å². The monoisotopic (exact) mass is 168 g/mol. The Kier molecular flexibility index (Phi) is 2.63. The maximum absolute atomic E-state index is 11.3. The van der Waals surface area contributed by atoms with Crippen LogP contribution >= 0.6 is 0 Å². The van der Waals surface area contributed by atoms with Gasteiger partial charge in [0.15, 0.2) is 11.9 Å². The minimum atomic E-state index is -0.590. The Morgan fingerprint density at radius 1 is 1.58 bits per heavy atom. The van der Waals surface area contributed by atoms with E-state index < -0.39 is 18.0 Å². The van der Waals surface area contributed by atoms with Gasteiger partial charge in [0.2, 0.25) is 0 Å². The van der Waals surface area contributed by atoms with E-state index in [2.05, 4.69) is 6.58 Å². The van der Waals surface area contributed by atoms with Gasteiger partial charge in [0.05, 0.1) is 0 Å². The average Bonchev–Trinajstić information content (AvgIpc) is 2.32. The Balaban J connectivity index is 2.70. The number of esters is 1. The predicted octanol–water partition coefficient (Wildman–Crippen LogP) is 1.08. The van der Waals surface area contributed by atoms with E-state index in [0.717, 1.165) is 0 Å². The number of ether oxygens (including phenoxy) is 1. The highest BCUT2D eigenvalue weighted by molar-refractivity contribution is 6.06. The SMILES string of the molecule is C=CC[C@H]1C(=O)O[C@@H](CC)C1=O. The lowest BCUT2D eigenvalue weighted by Gasteiger charge is -2.01. The standard InChI is InChI=1S/C9H12O3/c1-3-5-6-8(10)7(4-2)12-9(6)11/h3,6-7H,1,4-5H2,2H3/t6-,7+/m1/s1. The second-order valence-electron chi connectivity index (χ2n) is 2.81. The van der Waals surface area contributed by atoms with Crippen molar-refractivity contribution in [3.8, 4) is 0 Å². The Hall–Kier alpha value is -1.12. The zero-order valence-electron chi connectivity index (χ0n) is 7.08. The first-order valence-electron chi connectivity index (χ1n) is 4.05. The lowest BCUT2D eigenvalue weighted by Crippen LogP contribution is -2.19. The molecule has 0 aromatic heterocycles. The number of carbonyl (C=O) groups is 2. The summed E-state index contributed by atoms with van der Waals surface area (Å²) in [6, 6.07) is 0. The van der Waals surface area contributed by atoms with Gasteiger partial charge in [-0.05, 0) is 12.8 Å². The maximum Gasteiger partial charge on any atom is 0.317 e. The molecule has 0 N–H and O–H groups in total. The number of hydrogen-bond acceptors (Lipinski definition) is 3. The summed E-state index contributed by atoms with van der Waals surface area (Å²) in [6.45, 7) is 5.31. The molecule has 0 bridgehead atoms. The number of carbonyl (C=O) groups excluding carboxylic acids is 2. The summed E-state index contributed by atoms with van der Waals surface area (Å²) in [6.07, 6.45) is 2.02. The Labute approximate surface area is 71.4 Å². The Morgan fingerprint density at radius 2 is 2.25 bits per heavy atom. The van der Waals surface area contributed by atoms with Crippen LogP contribution in [0.3, 0.4) is 0 Å². The molecule has 1 rings (SSSR count). The van der Waals surface area contributed by atoms with Crippen LogP contribution in [0.1, 0.15) is 19.8 Å². The summed E-state index contributed by atoms with van der Waals surface area (Å²) in [7, 11) is 0. The van der Waals surface area contributed by atoms with Gasteiger partial charge >= 0.3 is 5.97 Å². The van der Waals surface area contributed by atoms with Crippen molar-refractivity contribution < 1.29 is 14.3 Å². The van der Waals surface area contributed by atoms with E-state index in [-0.39, 0.29) is 5.78 Å². The normalized spacial score (nSPS) is 28.8. The molecule has 0 spiro atoms. The van der Waals surface area contributed by atoms with Gasteiger partial charge in [0, 0.05) is 0 Å². The fourth-order valence-corrected chi connectivity index (χ4v) is 1.28. The molecule has 0 unspecified atom stereocenters. The molecule has 3 nitrogen and oxygen atoms in total. The summed E-state index contributed by atoms with van der Waals surface area (Å²) >= 11 is 0. The highest BCUT2D eigenvalue weighted by Crippen LogP contribution is 2.22. The molecule has 1 aliphatic rings. The van der Waals surface area contributed by atoms with Gasteiger partial charge < -0.3 is 4.74 Å². The summed E-state index contributed by atoms with van der Waals surface area (Å²) in [4.78, 5) is 22.4. The molecule has 1 heterocycles. The molecule has 1 saturated heterocycles. The molecule has 0 radical (unpaired) electrons. The fraction of sp³-hybridized carbons (Fsp3) is 0.556. The largest absolute Gasteiger partial charge is 0.454 e. The van der Waals surface area contributed by atoms with E-state index >= 15 is 0 Å². The summed E-state index contributed by atoms with van der Waals surface area (Å²) in [5.74, 6) is -1.08. The summed E-state index contributed by atoms with van der Waals surface area (Å²) in [5.41, 5.74) is 0. The highest BCUT2D eigenvalue weighted by Gasteiger charge is 2.41. The van der Waals surface area contributed by atoms with E-state index in [0.29, 0.717) is 12.8 Å². The Morgan fingerprint density at radius 3 is 2.67 bits per heavy atom. The van der Waals surface area contributed by atoms with Gasteiger partial charge in [-0.1, -0.05) is 13.0 Å². The molecule has 0 saturated carbocycles. The number of Topliss-reactive ketones (excluding diaryl/α,β-unsaturated/α-hetero) is 1. The first kappa shape index (κ1) is 8.97. The molecular formula is C9H12O3. The molecule has 0 aromatic carbocycles. The van der Waals surface area contributed by atoms with E-state index in [9.17, 15) is 9.59 Å². The van der Waals surface area contributed by atoms with Crippen molar-refractivity contribution in [3.05, 3.63) is 12.7 Å². The second kappa shape index (κ2) is 3.52. The van der Waals surface area contributed by atoms with Crippen molar-refractivity contribution in [2.75, 3.05) is 0 Å². The van der Waals surface area contributed by atoms with Crippen molar-refractivity contribution in [2.24, 2.45) is 5.92 Å². The molecule has 12 heavy (non-hydrogen) atoms. The highest BCUT2D eigenvalue weighted by atomic mass is 16.6. The fourth-order valence-electron chi connectivity index (χ4n) is 1.28. The maximum atomic E-state index is 11.3. The lowest BCUT2D eigenvalue weighted by molar-refractivity contribution is -0.144. The molecule has 1 fully saturated rings. The quantitative estimate of drug-likeness (QED) is 0.360. The minimum absolute atomic E-state index is 0.0950. The average molecular weight is 168 g/mol. The van der Waals surface area contributed by atoms with Crippen LogP contribution in [0.25, 0.3) is 0 Å². The number of ketones is 1. The van der Waals surface area contributed by atoms with E-state index in [4.69, 9.17) is 4.74 Å². The van der Waals surface area contributed by atoms with Crippen molar-refractivity contribution in [1.29, 1.82) is 0 Å². The van der Waals surface area contributed by atoms with Crippen LogP contribution in [-0.2, 0) is 14.3 Å². The van der Waals surface area contributed by atoms with E-state index in [1.165, 1.54) is 0 Å². The third kappa shape index (κ3) is 1.40. The predicted molar refractivity (Wildman–Crippen MR) is 43.5 cm³/mol. The van der Waals surface area contributed by atoms with Gasteiger partial charge in [-0.3, -0.25) is 9.59 Å². The van der Waals surface area contributed by atoms with Gasteiger partial charge in [0.25, 0.3) is 0 Å². The number of allylic oxidation sites excluding steroid dienone is 1. The first-order chi connectivity index (χ1) is 5.70. The van der Waals surface area contributed by atoms with Crippen molar-refractivity contribution in [1.82, 2.24) is 0 Å². The molecule has 3 heteroatoms. The van der Waals surface area contributed by atoms with Crippen LogP contribution in [-0.4, -0.2) is 17.9 Å². The van der Waals surface area contributed by atoms with Crippen LogP contribution in [0.4, 0.5) is 0 Å². The van der Waals surface area contributed by atoms with Crippen molar-refractivity contribution in [2.45, 2.75) is 25.9 Å². The Bertz CT molecular complexity index is 220. The van der Waals surface area contributed by atoms with E-state index in [1.54, 1.807) is 6.08 Å². The van der Waals surface area contributed by atoms with Gasteiger partial charge in [-0.2, -0.15) is 0 Å². The van der Waals surface area contributed by atoms with E-state index in [1.807, 2.05) is 6.92 Å². The second-order valence-corrected chi connectivity index (χ2v) is 2.81. The smallest absolute Gasteiger partial charge is 0.317 e. The molecular weight excluding hydrogens is 156 g/mol. The number of rotatable bonds is 3. The van der Waals surface area contributed by atoms with Crippen molar-refractivity contribution in [3.63, 3.8) is 0 Å². The zero-order valence-corrected chi connectivity index (χ0v) is 7.08. The lowest BCUT2D eigenvalue weighted by atomic mass is 9.99. The van der Waals surface area contributed by atoms with Crippen molar-refractivity contribution >= 4 is 11.8 Å². The molecule has 0 amide bonds. The third-order valence-electron chi connectivity index (χ3n) is 1.98. The number of hydrogen-bond donors (Lipinski definition) is 0. The molecule has 66 valence electrons. The topological polar surface area (TPSA) is 43.4 Å². The van der Waals surface area contributed by atoms with Crippen LogP contribution in [0.5, 0.6) is 0 Å². The molecule has 0 aliphatic carbocycles. The molecule has 1 aliphatic heterocycles. The summed E-state index contributed by atoms with van der Waals surface area (Å²) < 4.78 is 4.85. The molecule has 2 atom stereocenters.